The minimum Gasteiger partial charge on any atom is -0.455 e. The summed E-state index contributed by atoms with van der Waals surface area (Å²) < 4.78 is 6.17. The lowest BCUT2D eigenvalue weighted by Gasteiger charge is -2.27. The minimum absolute atomic E-state index is 0.0123. The monoisotopic (exact) mass is 348 g/mol. The van der Waals surface area contributed by atoms with Crippen molar-refractivity contribution in [2.24, 2.45) is 0 Å². The molecule has 1 atom stereocenters. The smallest absolute Gasteiger partial charge is 0.146 e. The third kappa shape index (κ3) is 4.28. The van der Waals surface area contributed by atoms with Crippen LogP contribution in [-0.2, 0) is 10.8 Å². The summed E-state index contributed by atoms with van der Waals surface area (Å²) in [4.78, 5) is 0. The van der Waals surface area contributed by atoms with Crippen LogP contribution >= 0.6 is 20.8 Å². The van der Waals surface area contributed by atoms with E-state index in [0.717, 1.165) is 11.1 Å². The van der Waals surface area contributed by atoms with Crippen molar-refractivity contribution >= 4 is 26.1 Å². The first-order valence-electron chi connectivity index (χ1n) is 7.87. The highest BCUT2D eigenvalue weighted by Crippen LogP contribution is 2.38. The largest absolute Gasteiger partial charge is 0.455 e. The molecule has 1 nitrogen and oxygen atoms in total. The van der Waals surface area contributed by atoms with Crippen LogP contribution in [0.3, 0.4) is 0 Å². The molecule has 2 aromatic carbocycles. The molecule has 0 amide bonds. The second-order valence-corrected chi connectivity index (χ2v) is 8.97. The molecule has 124 valence electrons. The molecule has 2 rings (SSSR count). The summed E-state index contributed by atoms with van der Waals surface area (Å²) in [6.07, 6.45) is 0. The van der Waals surface area contributed by atoms with E-state index in [1.165, 1.54) is 11.1 Å². The van der Waals surface area contributed by atoms with E-state index in [1.54, 1.807) is 0 Å². The van der Waals surface area contributed by atoms with Gasteiger partial charge in [-0.2, -0.15) is 0 Å². The molecular formula is C20H26ClOP. The maximum Gasteiger partial charge on any atom is 0.146 e. The number of benzene rings is 2. The molecule has 3 heteroatoms. The Labute approximate surface area is 147 Å². The zero-order valence-electron chi connectivity index (χ0n) is 14.8. The molecule has 0 aliphatic rings. The molecule has 0 heterocycles. The third-order valence-electron chi connectivity index (χ3n) is 3.87. The van der Waals surface area contributed by atoms with E-state index >= 15 is 0 Å². The van der Waals surface area contributed by atoms with Crippen LogP contribution in [0, 0.1) is 0 Å². The van der Waals surface area contributed by atoms with Crippen molar-refractivity contribution in [2.45, 2.75) is 52.4 Å². The molecule has 0 saturated heterocycles. The summed E-state index contributed by atoms with van der Waals surface area (Å²) in [5.41, 5.74) is 2.59. The molecule has 0 bridgehead atoms. The Hall–Kier alpha value is -1.04. The lowest BCUT2D eigenvalue weighted by Crippen LogP contribution is -2.17. The Morgan fingerprint density at radius 3 is 2.09 bits per heavy atom. The molecule has 0 spiro atoms. The predicted octanol–water partition coefficient (Wildman–Crippen LogP) is 6.23. The fraction of sp³-hybridized carbons (Fsp3) is 0.400. The Balaban J connectivity index is 2.52. The van der Waals surface area contributed by atoms with Crippen LogP contribution in [-0.4, -0.2) is 0 Å². The van der Waals surface area contributed by atoms with Gasteiger partial charge in [-0.05, 0) is 33.8 Å². The molecule has 23 heavy (non-hydrogen) atoms. The zero-order valence-corrected chi connectivity index (χ0v) is 16.7. The number of hydrogen-bond donors (Lipinski definition) is 0. The molecule has 0 radical (unpaired) electrons. The van der Waals surface area contributed by atoms with E-state index in [-0.39, 0.29) is 10.8 Å². The van der Waals surface area contributed by atoms with E-state index in [0.29, 0.717) is 10.8 Å². The van der Waals surface area contributed by atoms with Gasteiger partial charge in [-0.1, -0.05) is 77.4 Å². The van der Waals surface area contributed by atoms with E-state index < -0.39 is 0 Å². The molecule has 0 N–H and O–H groups in total. The number of ether oxygens (including phenoxy) is 1. The van der Waals surface area contributed by atoms with E-state index in [9.17, 15) is 0 Å². The molecule has 0 aromatic heterocycles. The van der Waals surface area contributed by atoms with Crippen LogP contribution in [0.25, 0.3) is 0 Å². The molecule has 0 aliphatic carbocycles. The zero-order chi connectivity index (χ0) is 17.4. The van der Waals surface area contributed by atoms with Crippen molar-refractivity contribution in [3.8, 4) is 11.5 Å². The van der Waals surface area contributed by atoms with Gasteiger partial charge in [0.25, 0.3) is 0 Å². The third-order valence-corrected chi connectivity index (χ3v) is 4.94. The predicted molar refractivity (Wildman–Crippen MR) is 105 cm³/mol. The van der Waals surface area contributed by atoms with Gasteiger partial charge >= 0.3 is 0 Å². The second kappa shape index (κ2) is 6.46. The Morgan fingerprint density at radius 1 is 0.870 bits per heavy atom. The standard InChI is InChI=1S/C20H26ClOP/c1-19(2,3)13-10-11-15(14(12-13)20(4,5)6)22-16-8-7-9-17(23)18(16)21/h7-12H,23H2,1-6H3. The molecule has 2 aromatic rings. The van der Waals surface area contributed by atoms with Crippen molar-refractivity contribution in [3.63, 3.8) is 0 Å². The van der Waals surface area contributed by atoms with Crippen LogP contribution in [0.1, 0.15) is 52.7 Å². The summed E-state index contributed by atoms with van der Waals surface area (Å²) in [7, 11) is 2.64. The average Bonchev–Trinajstić information content (AvgIpc) is 2.42. The summed E-state index contributed by atoms with van der Waals surface area (Å²) in [6, 6.07) is 12.3. The first kappa shape index (κ1) is 18.3. The number of hydrogen-bond acceptors (Lipinski definition) is 1. The lowest BCUT2D eigenvalue weighted by molar-refractivity contribution is 0.453. The quantitative estimate of drug-likeness (QED) is 0.585. The van der Waals surface area contributed by atoms with E-state index in [1.807, 2.05) is 18.2 Å². The summed E-state index contributed by atoms with van der Waals surface area (Å²) in [5, 5.41) is 1.57. The molecule has 0 fully saturated rings. The van der Waals surface area contributed by atoms with Gasteiger partial charge in [-0.15, -0.1) is 9.24 Å². The van der Waals surface area contributed by atoms with Crippen LogP contribution in [0.2, 0.25) is 5.02 Å². The Morgan fingerprint density at radius 2 is 1.52 bits per heavy atom. The maximum absolute atomic E-state index is 6.37. The fourth-order valence-electron chi connectivity index (χ4n) is 2.40. The fourth-order valence-corrected chi connectivity index (χ4v) is 2.81. The van der Waals surface area contributed by atoms with Gasteiger partial charge in [-0.25, -0.2) is 0 Å². The first-order valence-corrected chi connectivity index (χ1v) is 8.82. The van der Waals surface area contributed by atoms with E-state index in [2.05, 4.69) is 69.0 Å². The minimum atomic E-state index is -0.0123. The van der Waals surface area contributed by atoms with Crippen LogP contribution in [0.4, 0.5) is 0 Å². The first-order chi connectivity index (χ1) is 10.5. The van der Waals surface area contributed by atoms with Crippen LogP contribution < -0.4 is 10.0 Å². The molecule has 0 saturated carbocycles. The SMILES string of the molecule is CC(C)(C)c1ccc(Oc2cccc(P)c2Cl)c(C(C)(C)C)c1. The van der Waals surface area contributed by atoms with Gasteiger partial charge in [0.05, 0.1) is 5.02 Å². The molecule has 0 aliphatic heterocycles. The maximum atomic E-state index is 6.37. The normalized spacial score (nSPS) is 12.3. The number of rotatable bonds is 2. The average molecular weight is 349 g/mol. The highest BCUT2D eigenvalue weighted by molar-refractivity contribution is 7.28. The van der Waals surface area contributed by atoms with Crippen molar-refractivity contribution in [1.82, 2.24) is 0 Å². The van der Waals surface area contributed by atoms with Gasteiger partial charge in [0, 0.05) is 5.56 Å². The van der Waals surface area contributed by atoms with Crippen molar-refractivity contribution in [1.29, 1.82) is 0 Å². The van der Waals surface area contributed by atoms with Gasteiger partial charge in [-0.3, -0.25) is 0 Å². The summed E-state index contributed by atoms with van der Waals surface area (Å²) in [5.74, 6) is 1.55. The van der Waals surface area contributed by atoms with Crippen molar-refractivity contribution < 1.29 is 4.74 Å². The van der Waals surface area contributed by atoms with Crippen LogP contribution in [0.15, 0.2) is 36.4 Å². The van der Waals surface area contributed by atoms with Gasteiger partial charge in [0.2, 0.25) is 0 Å². The highest BCUT2D eigenvalue weighted by atomic mass is 35.5. The number of halogens is 1. The van der Waals surface area contributed by atoms with Gasteiger partial charge in [0.15, 0.2) is 0 Å². The Bertz CT molecular complexity index is 709. The van der Waals surface area contributed by atoms with Gasteiger partial charge in [0.1, 0.15) is 11.5 Å². The van der Waals surface area contributed by atoms with Gasteiger partial charge < -0.3 is 4.74 Å². The summed E-state index contributed by atoms with van der Waals surface area (Å²) >= 11 is 6.37. The Kier molecular flexibility index (Phi) is 5.14. The van der Waals surface area contributed by atoms with Crippen molar-refractivity contribution in [3.05, 3.63) is 52.5 Å². The van der Waals surface area contributed by atoms with Crippen molar-refractivity contribution in [2.75, 3.05) is 0 Å². The topological polar surface area (TPSA) is 9.23 Å². The molecular weight excluding hydrogens is 323 g/mol. The van der Waals surface area contributed by atoms with Crippen LogP contribution in [0.5, 0.6) is 11.5 Å². The summed E-state index contributed by atoms with van der Waals surface area (Å²) in [6.45, 7) is 13.3. The van der Waals surface area contributed by atoms with E-state index in [4.69, 9.17) is 16.3 Å². The highest BCUT2D eigenvalue weighted by Gasteiger charge is 2.23. The second-order valence-electron chi connectivity index (χ2n) is 7.97. The lowest BCUT2D eigenvalue weighted by atomic mass is 9.80. The molecule has 1 unspecified atom stereocenters.